The van der Waals surface area contributed by atoms with Crippen molar-refractivity contribution in [1.82, 2.24) is 10.3 Å². The van der Waals surface area contributed by atoms with E-state index in [1.54, 1.807) is 12.1 Å². The number of halogens is 2. The first-order valence-electron chi connectivity index (χ1n) is 5.93. The molecule has 0 radical (unpaired) electrons. The fraction of sp³-hybridized carbons (Fsp3) is 0.143. The molecule has 104 valence electrons. The number of nitrogens with one attached hydrogen (secondary N) is 1. The molecule has 0 atom stereocenters. The maximum Gasteiger partial charge on any atom is 0.252 e. The molecule has 0 fully saturated rings. The maximum atomic E-state index is 11.8. The summed E-state index contributed by atoms with van der Waals surface area (Å²) >= 11 is 9.02. The van der Waals surface area contributed by atoms with Crippen molar-refractivity contribution >= 4 is 33.4 Å². The number of aromatic nitrogens is 1. The Morgan fingerprint density at radius 2 is 2.20 bits per heavy atom. The van der Waals surface area contributed by atoms with Crippen LogP contribution in [0.3, 0.4) is 0 Å². The van der Waals surface area contributed by atoms with Gasteiger partial charge in [-0.3, -0.25) is 4.79 Å². The van der Waals surface area contributed by atoms with E-state index in [2.05, 4.69) is 26.2 Å². The van der Waals surface area contributed by atoms with Gasteiger partial charge in [-0.15, -0.1) is 0 Å². The van der Waals surface area contributed by atoms with Crippen LogP contribution in [0.5, 0.6) is 5.75 Å². The van der Waals surface area contributed by atoms with E-state index in [4.69, 9.17) is 16.3 Å². The lowest BCUT2D eigenvalue weighted by Gasteiger charge is -2.08. The van der Waals surface area contributed by atoms with E-state index in [9.17, 15) is 4.79 Å². The average molecular weight is 356 g/mol. The summed E-state index contributed by atoms with van der Waals surface area (Å²) in [5, 5.41) is 3.11. The predicted molar refractivity (Wildman–Crippen MR) is 81.2 cm³/mol. The van der Waals surface area contributed by atoms with Crippen molar-refractivity contribution in [1.29, 1.82) is 0 Å². The van der Waals surface area contributed by atoms with Gasteiger partial charge < -0.3 is 10.1 Å². The number of rotatable bonds is 5. The van der Waals surface area contributed by atoms with Crippen LogP contribution in [-0.2, 0) is 0 Å². The summed E-state index contributed by atoms with van der Waals surface area (Å²) in [6.45, 7) is 0.803. The first kappa shape index (κ1) is 14.8. The second kappa shape index (κ2) is 7.26. The van der Waals surface area contributed by atoms with Crippen LogP contribution in [-0.4, -0.2) is 24.0 Å². The molecule has 0 saturated carbocycles. The number of carbonyl (C=O) groups is 1. The molecular formula is C14H12BrClN2O2. The van der Waals surface area contributed by atoms with E-state index in [1.807, 2.05) is 24.3 Å². The highest BCUT2D eigenvalue weighted by molar-refractivity contribution is 9.10. The third kappa shape index (κ3) is 4.51. The van der Waals surface area contributed by atoms with Gasteiger partial charge >= 0.3 is 0 Å². The van der Waals surface area contributed by atoms with Crippen molar-refractivity contribution < 1.29 is 9.53 Å². The highest BCUT2D eigenvalue weighted by Crippen LogP contribution is 2.17. The summed E-state index contributed by atoms with van der Waals surface area (Å²) in [4.78, 5) is 15.6. The predicted octanol–water partition coefficient (Wildman–Crippen LogP) is 3.31. The Morgan fingerprint density at radius 1 is 1.35 bits per heavy atom. The molecule has 0 bridgehead atoms. The summed E-state index contributed by atoms with van der Waals surface area (Å²) in [5.41, 5.74) is 0.469. The lowest BCUT2D eigenvalue weighted by Crippen LogP contribution is -2.28. The number of nitrogens with zero attached hydrogens (tertiary/aromatic N) is 1. The summed E-state index contributed by atoms with van der Waals surface area (Å²) in [5.74, 6) is 0.550. The fourth-order valence-corrected chi connectivity index (χ4v) is 1.99. The standard InChI is InChI=1S/C14H12BrClN2O2/c15-11-2-1-3-12(8-11)20-7-6-17-14(19)10-4-5-13(16)18-9-10/h1-5,8-9H,6-7H2,(H,17,19). The minimum Gasteiger partial charge on any atom is -0.492 e. The molecule has 2 aromatic rings. The molecule has 2 rings (SSSR count). The molecule has 0 unspecified atom stereocenters. The van der Waals surface area contributed by atoms with Crippen LogP contribution in [0.25, 0.3) is 0 Å². The Bertz CT molecular complexity index is 590. The molecule has 0 spiro atoms. The minimum atomic E-state index is -0.202. The van der Waals surface area contributed by atoms with E-state index in [0.29, 0.717) is 23.9 Å². The Balaban J connectivity index is 1.76. The monoisotopic (exact) mass is 354 g/mol. The van der Waals surface area contributed by atoms with Gasteiger partial charge in [-0.1, -0.05) is 33.6 Å². The van der Waals surface area contributed by atoms with Gasteiger partial charge in [-0.2, -0.15) is 0 Å². The molecule has 1 aromatic heterocycles. The number of hydrogen-bond donors (Lipinski definition) is 1. The van der Waals surface area contributed by atoms with Crippen LogP contribution >= 0.6 is 27.5 Å². The summed E-state index contributed by atoms with van der Waals surface area (Å²) in [7, 11) is 0. The highest BCUT2D eigenvalue weighted by Gasteiger charge is 2.05. The van der Waals surface area contributed by atoms with Crippen molar-refractivity contribution in [3.8, 4) is 5.75 Å². The van der Waals surface area contributed by atoms with E-state index < -0.39 is 0 Å². The maximum absolute atomic E-state index is 11.8. The number of amides is 1. The van der Waals surface area contributed by atoms with Gasteiger partial charge in [0.25, 0.3) is 5.91 Å². The molecular weight excluding hydrogens is 344 g/mol. The first-order chi connectivity index (χ1) is 9.65. The molecule has 1 heterocycles. The van der Waals surface area contributed by atoms with Gasteiger partial charge in [0.1, 0.15) is 17.5 Å². The molecule has 0 aliphatic heterocycles. The van der Waals surface area contributed by atoms with Crippen LogP contribution in [0.2, 0.25) is 5.15 Å². The lowest BCUT2D eigenvalue weighted by molar-refractivity contribution is 0.0946. The van der Waals surface area contributed by atoms with E-state index in [0.717, 1.165) is 10.2 Å². The van der Waals surface area contributed by atoms with Crippen molar-refractivity contribution in [3.05, 3.63) is 57.8 Å². The molecule has 6 heteroatoms. The number of carbonyl (C=O) groups excluding carboxylic acids is 1. The normalized spacial score (nSPS) is 10.1. The molecule has 1 N–H and O–H groups in total. The summed E-state index contributed by atoms with van der Waals surface area (Å²) < 4.78 is 6.46. The topological polar surface area (TPSA) is 51.2 Å². The van der Waals surface area contributed by atoms with Gasteiger partial charge in [0.05, 0.1) is 12.1 Å². The van der Waals surface area contributed by atoms with Crippen LogP contribution in [0, 0.1) is 0 Å². The molecule has 1 aromatic carbocycles. The average Bonchev–Trinajstić information content (AvgIpc) is 2.44. The zero-order valence-electron chi connectivity index (χ0n) is 10.5. The Morgan fingerprint density at radius 3 is 2.90 bits per heavy atom. The third-order valence-electron chi connectivity index (χ3n) is 2.44. The Hall–Kier alpha value is -1.59. The van der Waals surface area contributed by atoms with E-state index in [1.165, 1.54) is 6.20 Å². The van der Waals surface area contributed by atoms with Crippen molar-refractivity contribution in [2.75, 3.05) is 13.2 Å². The quantitative estimate of drug-likeness (QED) is 0.661. The minimum absolute atomic E-state index is 0.202. The van der Waals surface area contributed by atoms with Crippen LogP contribution in [0.15, 0.2) is 47.1 Å². The second-order valence-corrected chi connectivity index (χ2v) is 5.23. The number of pyridine rings is 1. The Kier molecular flexibility index (Phi) is 5.38. The van der Waals surface area contributed by atoms with Gasteiger partial charge in [0, 0.05) is 10.7 Å². The van der Waals surface area contributed by atoms with Crippen molar-refractivity contribution in [2.45, 2.75) is 0 Å². The van der Waals surface area contributed by atoms with Crippen molar-refractivity contribution in [2.24, 2.45) is 0 Å². The third-order valence-corrected chi connectivity index (χ3v) is 3.16. The van der Waals surface area contributed by atoms with Crippen molar-refractivity contribution in [3.63, 3.8) is 0 Å². The first-order valence-corrected chi connectivity index (χ1v) is 7.10. The zero-order valence-corrected chi connectivity index (χ0v) is 12.8. The van der Waals surface area contributed by atoms with Gasteiger partial charge in [-0.25, -0.2) is 4.98 Å². The van der Waals surface area contributed by atoms with Gasteiger partial charge in [0.2, 0.25) is 0 Å². The van der Waals surface area contributed by atoms with Crippen LogP contribution in [0.4, 0.5) is 0 Å². The second-order valence-electron chi connectivity index (χ2n) is 3.93. The molecule has 0 aliphatic carbocycles. The zero-order chi connectivity index (χ0) is 14.4. The molecule has 20 heavy (non-hydrogen) atoms. The SMILES string of the molecule is O=C(NCCOc1cccc(Br)c1)c1ccc(Cl)nc1. The highest BCUT2D eigenvalue weighted by atomic mass is 79.9. The largest absolute Gasteiger partial charge is 0.492 e. The number of benzene rings is 1. The Labute approximate surface area is 130 Å². The van der Waals surface area contributed by atoms with E-state index >= 15 is 0 Å². The number of ether oxygens (including phenoxy) is 1. The van der Waals surface area contributed by atoms with Crippen LogP contribution in [0.1, 0.15) is 10.4 Å². The van der Waals surface area contributed by atoms with Gasteiger partial charge in [-0.05, 0) is 30.3 Å². The molecule has 0 aliphatic rings. The van der Waals surface area contributed by atoms with E-state index in [-0.39, 0.29) is 5.91 Å². The molecule has 4 nitrogen and oxygen atoms in total. The van der Waals surface area contributed by atoms with Gasteiger partial charge in [0.15, 0.2) is 0 Å². The summed E-state index contributed by atoms with van der Waals surface area (Å²) in [6, 6.07) is 10.7. The number of hydrogen-bond acceptors (Lipinski definition) is 3. The smallest absolute Gasteiger partial charge is 0.252 e. The molecule has 0 saturated heterocycles. The lowest BCUT2D eigenvalue weighted by atomic mass is 10.3. The summed E-state index contributed by atoms with van der Waals surface area (Å²) in [6.07, 6.45) is 1.44. The fourth-order valence-electron chi connectivity index (χ4n) is 1.50. The molecule has 1 amide bonds. The van der Waals surface area contributed by atoms with Crippen LogP contribution < -0.4 is 10.1 Å².